The SMILES string of the molecule is CCCn1c(=NC(=O)c2ccc(N(C)C)cc2)sc2cc(CC)ccc21. The fourth-order valence-electron chi connectivity index (χ4n) is 2.92. The summed E-state index contributed by atoms with van der Waals surface area (Å²) in [5, 5.41) is 0. The van der Waals surface area contributed by atoms with E-state index < -0.39 is 0 Å². The van der Waals surface area contributed by atoms with Crippen LogP contribution in [0.2, 0.25) is 0 Å². The van der Waals surface area contributed by atoms with Gasteiger partial charge in [0.05, 0.1) is 10.2 Å². The van der Waals surface area contributed by atoms with Crippen LogP contribution in [0.3, 0.4) is 0 Å². The molecule has 0 fully saturated rings. The molecule has 0 aliphatic heterocycles. The number of carbonyl (C=O) groups excluding carboxylic acids is 1. The molecule has 0 atom stereocenters. The number of fused-ring (bicyclic) bond motifs is 1. The standard InChI is InChI=1S/C21H25N3OS/c1-5-13-24-18-12-7-15(6-2)14-19(18)26-21(24)22-20(25)16-8-10-17(11-9-16)23(3)4/h7-12,14H,5-6,13H2,1-4H3. The van der Waals surface area contributed by atoms with Gasteiger partial charge in [0, 0.05) is 31.9 Å². The number of aromatic nitrogens is 1. The lowest BCUT2D eigenvalue weighted by Crippen LogP contribution is -2.17. The van der Waals surface area contributed by atoms with Crippen molar-refractivity contribution in [2.24, 2.45) is 4.99 Å². The van der Waals surface area contributed by atoms with E-state index in [0.29, 0.717) is 5.56 Å². The van der Waals surface area contributed by atoms with Gasteiger partial charge in [-0.05, 0) is 54.8 Å². The van der Waals surface area contributed by atoms with Crippen molar-refractivity contribution in [2.45, 2.75) is 33.2 Å². The molecule has 0 unspecified atom stereocenters. The first-order chi connectivity index (χ1) is 12.5. The molecule has 0 radical (unpaired) electrons. The van der Waals surface area contributed by atoms with Gasteiger partial charge >= 0.3 is 0 Å². The van der Waals surface area contributed by atoms with Gasteiger partial charge in [-0.1, -0.05) is 31.3 Å². The molecule has 0 saturated carbocycles. The Morgan fingerprint density at radius 3 is 2.46 bits per heavy atom. The molecule has 1 amide bonds. The summed E-state index contributed by atoms with van der Waals surface area (Å²) in [5.74, 6) is -0.192. The molecular formula is C21H25N3OS. The highest BCUT2D eigenvalue weighted by Gasteiger charge is 2.10. The van der Waals surface area contributed by atoms with Gasteiger partial charge in [0.15, 0.2) is 4.80 Å². The monoisotopic (exact) mass is 367 g/mol. The number of anilines is 1. The number of amides is 1. The fourth-order valence-corrected chi connectivity index (χ4v) is 4.03. The fraction of sp³-hybridized carbons (Fsp3) is 0.333. The van der Waals surface area contributed by atoms with Gasteiger partial charge in [-0.15, -0.1) is 0 Å². The molecule has 0 bridgehead atoms. The highest BCUT2D eigenvalue weighted by Crippen LogP contribution is 2.20. The molecule has 2 aromatic carbocycles. The van der Waals surface area contributed by atoms with Crippen LogP contribution in [0, 0.1) is 0 Å². The van der Waals surface area contributed by atoms with Crippen LogP contribution in [0.15, 0.2) is 47.5 Å². The van der Waals surface area contributed by atoms with Crippen molar-refractivity contribution in [3.63, 3.8) is 0 Å². The van der Waals surface area contributed by atoms with Gasteiger partial charge in [-0.2, -0.15) is 4.99 Å². The molecule has 3 aromatic rings. The molecule has 3 rings (SSSR count). The maximum atomic E-state index is 12.7. The van der Waals surface area contributed by atoms with Crippen LogP contribution < -0.4 is 9.70 Å². The molecule has 5 heteroatoms. The second kappa shape index (κ2) is 7.87. The Morgan fingerprint density at radius 2 is 1.85 bits per heavy atom. The van der Waals surface area contributed by atoms with Crippen LogP contribution in [0.4, 0.5) is 5.69 Å². The van der Waals surface area contributed by atoms with E-state index in [-0.39, 0.29) is 5.91 Å². The second-order valence-corrected chi connectivity index (χ2v) is 7.56. The van der Waals surface area contributed by atoms with Gasteiger partial charge in [-0.3, -0.25) is 4.79 Å². The van der Waals surface area contributed by atoms with E-state index in [2.05, 4.69) is 41.6 Å². The predicted molar refractivity (Wildman–Crippen MR) is 110 cm³/mol. The molecule has 0 spiro atoms. The first-order valence-electron chi connectivity index (χ1n) is 9.02. The summed E-state index contributed by atoms with van der Waals surface area (Å²) in [7, 11) is 3.97. The summed E-state index contributed by atoms with van der Waals surface area (Å²) >= 11 is 1.59. The number of aryl methyl sites for hydroxylation is 2. The molecule has 0 aliphatic rings. The lowest BCUT2D eigenvalue weighted by atomic mass is 10.2. The van der Waals surface area contributed by atoms with Crippen molar-refractivity contribution < 1.29 is 4.79 Å². The molecule has 1 aromatic heterocycles. The van der Waals surface area contributed by atoms with Gasteiger partial charge in [-0.25, -0.2) is 0 Å². The molecule has 0 aliphatic carbocycles. The Balaban J connectivity index is 2.04. The third-order valence-electron chi connectivity index (χ3n) is 4.43. The Morgan fingerprint density at radius 1 is 1.12 bits per heavy atom. The van der Waals surface area contributed by atoms with E-state index in [0.717, 1.165) is 35.4 Å². The van der Waals surface area contributed by atoms with E-state index in [9.17, 15) is 4.79 Å². The van der Waals surface area contributed by atoms with Gasteiger partial charge in [0.25, 0.3) is 5.91 Å². The molecule has 1 heterocycles. The molecule has 26 heavy (non-hydrogen) atoms. The summed E-state index contributed by atoms with van der Waals surface area (Å²) in [4.78, 5) is 19.9. The maximum absolute atomic E-state index is 12.7. The smallest absolute Gasteiger partial charge is 0.279 e. The van der Waals surface area contributed by atoms with E-state index >= 15 is 0 Å². The van der Waals surface area contributed by atoms with Crippen LogP contribution in [0.5, 0.6) is 0 Å². The number of hydrogen-bond acceptors (Lipinski definition) is 3. The minimum absolute atomic E-state index is 0.192. The Labute approximate surface area is 158 Å². The minimum Gasteiger partial charge on any atom is -0.378 e. The van der Waals surface area contributed by atoms with Crippen LogP contribution in [0.25, 0.3) is 10.2 Å². The first kappa shape index (κ1) is 18.4. The zero-order chi connectivity index (χ0) is 18.7. The first-order valence-corrected chi connectivity index (χ1v) is 9.83. The van der Waals surface area contributed by atoms with Crippen molar-refractivity contribution >= 4 is 33.1 Å². The normalized spacial score (nSPS) is 11.9. The van der Waals surface area contributed by atoms with E-state index in [1.165, 1.54) is 10.3 Å². The van der Waals surface area contributed by atoms with Crippen LogP contribution in [-0.4, -0.2) is 24.6 Å². The molecule has 4 nitrogen and oxygen atoms in total. The maximum Gasteiger partial charge on any atom is 0.279 e. The molecule has 0 N–H and O–H groups in total. The molecule has 0 saturated heterocycles. The Bertz CT molecular complexity index is 981. The summed E-state index contributed by atoms with van der Waals surface area (Å²) < 4.78 is 3.35. The number of benzene rings is 2. The van der Waals surface area contributed by atoms with Gasteiger partial charge in [0.2, 0.25) is 0 Å². The lowest BCUT2D eigenvalue weighted by molar-refractivity contribution is 0.0998. The average Bonchev–Trinajstić information content (AvgIpc) is 2.98. The summed E-state index contributed by atoms with van der Waals surface area (Å²) in [6.45, 7) is 5.15. The van der Waals surface area contributed by atoms with E-state index in [1.54, 1.807) is 11.3 Å². The lowest BCUT2D eigenvalue weighted by Gasteiger charge is -2.11. The quantitative estimate of drug-likeness (QED) is 0.667. The number of thiazole rings is 1. The largest absolute Gasteiger partial charge is 0.378 e. The third kappa shape index (κ3) is 3.73. The average molecular weight is 368 g/mol. The number of rotatable bonds is 5. The van der Waals surface area contributed by atoms with Gasteiger partial charge in [0.1, 0.15) is 0 Å². The van der Waals surface area contributed by atoms with Crippen molar-refractivity contribution in [3.05, 3.63) is 58.4 Å². The van der Waals surface area contributed by atoms with Crippen molar-refractivity contribution in [1.82, 2.24) is 4.57 Å². The van der Waals surface area contributed by atoms with E-state index in [1.807, 2.05) is 43.3 Å². The Kier molecular flexibility index (Phi) is 5.57. The van der Waals surface area contributed by atoms with Crippen molar-refractivity contribution in [3.8, 4) is 0 Å². The van der Waals surface area contributed by atoms with Gasteiger partial charge < -0.3 is 9.47 Å². The van der Waals surface area contributed by atoms with E-state index in [4.69, 9.17) is 0 Å². The highest BCUT2D eigenvalue weighted by atomic mass is 32.1. The third-order valence-corrected chi connectivity index (χ3v) is 5.47. The topological polar surface area (TPSA) is 37.6 Å². The summed E-state index contributed by atoms with van der Waals surface area (Å²) in [6.07, 6.45) is 2.01. The number of nitrogens with zero attached hydrogens (tertiary/aromatic N) is 3. The van der Waals surface area contributed by atoms with Crippen LogP contribution in [-0.2, 0) is 13.0 Å². The molecule has 136 valence electrons. The van der Waals surface area contributed by atoms with Crippen LogP contribution >= 0.6 is 11.3 Å². The number of carbonyl (C=O) groups is 1. The predicted octanol–water partition coefficient (Wildman–Crippen LogP) is 4.48. The summed E-state index contributed by atoms with van der Waals surface area (Å²) in [5.41, 5.74) is 4.14. The minimum atomic E-state index is -0.192. The molecular weight excluding hydrogens is 342 g/mol. The highest BCUT2D eigenvalue weighted by molar-refractivity contribution is 7.16. The Hall–Kier alpha value is -2.40. The zero-order valence-corrected chi connectivity index (χ0v) is 16.6. The van der Waals surface area contributed by atoms with Crippen LogP contribution in [0.1, 0.15) is 36.2 Å². The number of hydrogen-bond donors (Lipinski definition) is 0. The van der Waals surface area contributed by atoms with Crippen molar-refractivity contribution in [1.29, 1.82) is 0 Å². The second-order valence-electron chi connectivity index (χ2n) is 6.55. The van der Waals surface area contributed by atoms with Crippen molar-refractivity contribution in [2.75, 3.05) is 19.0 Å². The summed E-state index contributed by atoms with van der Waals surface area (Å²) in [6, 6.07) is 14.1. The zero-order valence-electron chi connectivity index (χ0n) is 15.8.